The number of ether oxygens (including phenoxy) is 1. The molecule has 1 unspecified atom stereocenters. The first-order valence-corrected chi connectivity index (χ1v) is 9.33. The van der Waals surface area contributed by atoms with E-state index in [1.54, 1.807) is 18.4 Å². The Labute approximate surface area is 127 Å². The van der Waals surface area contributed by atoms with Crippen molar-refractivity contribution in [2.24, 2.45) is 0 Å². The van der Waals surface area contributed by atoms with Gasteiger partial charge >= 0.3 is 0 Å². The van der Waals surface area contributed by atoms with Crippen LogP contribution in [0.4, 0.5) is 5.13 Å². The average molecular weight is 320 g/mol. The van der Waals surface area contributed by atoms with Gasteiger partial charge in [-0.1, -0.05) is 11.3 Å². The van der Waals surface area contributed by atoms with E-state index in [1.165, 1.54) is 22.1 Å². The number of anilines is 1. The van der Waals surface area contributed by atoms with Gasteiger partial charge in [0.2, 0.25) is 5.88 Å². The maximum absolute atomic E-state index is 5.34. The lowest BCUT2D eigenvalue weighted by molar-refractivity contribution is 0.395. The largest absolute Gasteiger partial charge is 0.480 e. The summed E-state index contributed by atoms with van der Waals surface area (Å²) in [6.45, 7) is 1.91. The van der Waals surface area contributed by atoms with Gasteiger partial charge in [-0.15, -0.1) is 0 Å². The normalized spacial score (nSPS) is 19.4. The molecule has 1 aliphatic heterocycles. The Morgan fingerprint density at radius 3 is 2.89 bits per heavy atom. The zero-order valence-electron chi connectivity index (χ0n) is 11.6. The molecule has 2 heterocycles. The second-order valence-electron chi connectivity index (χ2n) is 4.52. The predicted octanol–water partition coefficient (Wildman–Crippen LogP) is 2.16. The van der Waals surface area contributed by atoms with E-state index in [9.17, 15) is 0 Å². The van der Waals surface area contributed by atoms with Gasteiger partial charge in [-0.3, -0.25) is 0 Å². The summed E-state index contributed by atoms with van der Waals surface area (Å²) in [5.74, 6) is 4.61. The van der Waals surface area contributed by atoms with Crippen molar-refractivity contribution in [3.05, 3.63) is 4.88 Å². The molecule has 2 rings (SSSR count). The molecule has 108 valence electrons. The van der Waals surface area contributed by atoms with Crippen molar-refractivity contribution in [1.29, 1.82) is 0 Å². The van der Waals surface area contributed by atoms with Crippen molar-refractivity contribution in [2.75, 3.05) is 49.9 Å². The van der Waals surface area contributed by atoms with Gasteiger partial charge in [0.25, 0.3) is 0 Å². The smallest absolute Gasteiger partial charge is 0.230 e. The Morgan fingerprint density at radius 2 is 2.26 bits per heavy atom. The molecule has 0 spiro atoms. The molecule has 4 nitrogen and oxygen atoms in total. The van der Waals surface area contributed by atoms with Crippen molar-refractivity contribution < 1.29 is 4.74 Å². The number of hydrogen-bond donors (Lipinski definition) is 1. The van der Waals surface area contributed by atoms with Gasteiger partial charge in [-0.05, 0) is 0 Å². The molecule has 1 atom stereocenters. The van der Waals surface area contributed by atoms with Crippen LogP contribution < -0.4 is 15.0 Å². The number of rotatable bonds is 6. The molecule has 1 aromatic rings. The van der Waals surface area contributed by atoms with E-state index in [0.29, 0.717) is 0 Å². The minimum atomic E-state index is 0.742. The van der Waals surface area contributed by atoms with Crippen LogP contribution in [0.1, 0.15) is 4.88 Å². The Balaban J connectivity index is 1.84. The van der Waals surface area contributed by atoms with Crippen molar-refractivity contribution >= 4 is 40.0 Å². The van der Waals surface area contributed by atoms with Gasteiger partial charge in [0, 0.05) is 49.7 Å². The Hall–Kier alpha value is -0.110. The summed E-state index contributed by atoms with van der Waals surface area (Å²) >= 11 is 5.84. The van der Waals surface area contributed by atoms with Gasteiger partial charge in [0.15, 0.2) is 5.13 Å². The van der Waals surface area contributed by atoms with Crippen LogP contribution in [0, 0.1) is 0 Å². The third-order valence-corrected chi connectivity index (χ3v) is 6.82. The van der Waals surface area contributed by atoms with Gasteiger partial charge in [-0.25, -0.2) is 0 Å². The number of nitrogens with one attached hydrogen (secondary N) is 1. The second kappa shape index (κ2) is 7.61. The minimum Gasteiger partial charge on any atom is -0.480 e. The molecule has 0 bridgehead atoms. The highest BCUT2D eigenvalue weighted by atomic mass is 32.2. The van der Waals surface area contributed by atoms with Crippen LogP contribution in [0.2, 0.25) is 0 Å². The molecular weight excluding hydrogens is 298 g/mol. The highest BCUT2D eigenvalue weighted by Gasteiger charge is 2.16. The highest BCUT2D eigenvalue weighted by Crippen LogP contribution is 2.30. The fourth-order valence-corrected chi connectivity index (χ4v) is 5.36. The first-order valence-electron chi connectivity index (χ1n) is 6.31. The number of thioether (sulfide) groups is 2. The fourth-order valence-electron chi connectivity index (χ4n) is 1.79. The van der Waals surface area contributed by atoms with Gasteiger partial charge in [0.05, 0.1) is 12.0 Å². The average Bonchev–Trinajstić information content (AvgIpc) is 2.83. The number of thiazole rings is 1. The quantitative estimate of drug-likeness (QED) is 0.866. The fraction of sp³-hybridized carbons (Fsp3) is 0.750. The Morgan fingerprint density at radius 1 is 1.42 bits per heavy atom. The summed E-state index contributed by atoms with van der Waals surface area (Å²) in [5, 5.41) is 5.27. The van der Waals surface area contributed by atoms with Crippen LogP contribution in [0.3, 0.4) is 0 Å². The molecule has 1 saturated heterocycles. The van der Waals surface area contributed by atoms with E-state index >= 15 is 0 Å². The van der Waals surface area contributed by atoms with Crippen molar-refractivity contribution in [1.82, 2.24) is 10.3 Å². The molecule has 19 heavy (non-hydrogen) atoms. The van der Waals surface area contributed by atoms with Gasteiger partial charge in [0.1, 0.15) is 0 Å². The van der Waals surface area contributed by atoms with Crippen LogP contribution in [0.15, 0.2) is 0 Å². The molecule has 1 aliphatic rings. The second-order valence-corrected chi connectivity index (χ2v) is 8.14. The molecule has 0 radical (unpaired) electrons. The van der Waals surface area contributed by atoms with Crippen molar-refractivity contribution in [2.45, 2.75) is 11.8 Å². The molecule has 0 amide bonds. The standard InChI is InChI=1S/C12H21N3OS3/c1-15(2)12-14-11(16-3)10(19-12)7-13-6-9-8-17-4-5-18-9/h9,13H,4-8H2,1-3H3. The van der Waals surface area contributed by atoms with Crippen molar-refractivity contribution in [3.63, 3.8) is 0 Å². The van der Waals surface area contributed by atoms with Crippen LogP contribution in [0.25, 0.3) is 0 Å². The number of hydrogen-bond acceptors (Lipinski definition) is 7. The lowest BCUT2D eigenvalue weighted by Gasteiger charge is -2.21. The van der Waals surface area contributed by atoms with E-state index in [2.05, 4.69) is 33.8 Å². The van der Waals surface area contributed by atoms with E-state index in [4.69, 9.17) is 4.74 Å². The van der Waals surface area contributed by atoms with Crippen LogP contribution in [0.5, 0.6) is 5.88 Å². The molecule has 0 aromatic carbocycles. The number of aromatic nitrogens is 1. The molecular formula is C12H21N3OS3. The molecule has 1 fully saturated rings. The first-order chi connectivity index (χ1) is 9.20. The Bertz CT molecular complexity index is 392. The topological polar surface area (TPSA) is 37.4 Å². The summed E-state index contributed by atoms with van der Waals surface area (Å²) in [6.07, 6.45) is 0. The van der Waals surface area contributed by atoms with Crippen LogP contribution >= 0.6 is 34.9 Å². The third-order valence-electron chi connectivity index (χ3n) is 2.77. The van der Waals surface area contributed by atoms with E-state index < -0.39 is 0 Å². The molecule has 0 saturated carbocycles. The summed E-state index contributed by atoms with van der Waals surface area (Å²) in [4.78, 5) is 7.66. The summed E-state index contributed by atoms with van der Waals surface area (Å²) in [6, 6.07) is 0. The van der Waals surface area contributed by atoms with E-state index in [0.717, 1.165) is 29.4 Å². The van der Waals surface area contributed by atoms with Gasteiger partial charge < -0.3 is 15.0 Å². The van der Waals surface area contributed by atoms with Crippen LogP contribution in [-0.4, -0.2) is 55.2 Å². The predicted molar refractivity (Wildman–Crippen MR) is 88.3 cm³/mol. The maximum Gasteiger partial charge on any atom is 0.230 e. The lowest BCUT2D eigenvalue weighted by atomic mass is 10.4. The van der Waals surface area contributed by atoms with Gasteiger partial charge in [-0.2, -0.15) is 28.5 Å². The highest BCUT2D eigenvalue weighted by molar-refractivity contribution is 8.06. The molecule has 1 aromatic heterocycles. The molecule has 0 aliphatic carbocycles. The third kappa shape index (κ3) is 4.44. The van der Waals surface area contributed by atoms with E-state index in [-0.39, 0.29) is 0 Å². The molecule has 7 heteroatoms. The minimum absolute atomic E-state index is 0.742. The summed E-state index contributed by atoms with van der Waals surface area (Å²) < 4.78 is 5.34. The summed E-state index contributed by atoms with van der Waals surface area (Å²) in [5.41, 5.74) is 0. The monoisotopic (exact) mass is 319 g/mol. The SMILES string of the molecule is COc1nc(N(C)C)sc1CNCC1CSCCS1. The number of methoxy groups -OCH3 is 1. The lowest BCUT2D eigenvalue weighted by Crippen LogP contribution is -2.28. The zero-order chi connectivity index (χ0) is 13.7. The number of nitrogens with zero attached hydrogens (tertiary/aromatic N) is 2. The maximum atomic E-state index is 5.34. The van der Waals surface area contributed by atoms with Crippen LogP contribution in [-0.2, 0) is 6.54 Å². The summed E-state index contributed by atoms with van der Waals surface area (Å²) in [7, 11) is 5.70. The van der Waals surface area contributed by atoms with Crippen molar-refractivity contribution in [3.8, 4) is 5.88 Å². The van der Waals surface area contributed by atoms with E-state index in [1.807, 2.05) is 19.0 Å². The Kier molecular flexibility index (Phi) is 6.12. The first kappa shape index (κ1) is 15.3. The zero-order valence-corrected chi connectivity index (χ0v) is 14.1. The molecule has 1 N–H and O–H groups in total.